The molecule has 2 unspecified atom stereocenters. The second-order valence-electron chi connectivity index (χ2n) is 7.12. The van der Waals surface area contributed by atoms with Crippen LogP contribution in [0.5, 0.6) is 0 Å². The van der Waals surface area contributed by atoms with Crippen LogP contribution in [0.15, 0.2) is 42.5 Å². The van der Waals surface area contributed by atoms with Crippen molar-refractivity contribution < 1.29 is 0 Å². The Morgan fingerprint density at radius 2 is 1.68 bits per heavy atom. The topological polar surface area (TPSA) is 27.0 Å². The Morgan fingerprint density at radius 3 is 2.41 bits per heavy atom. The SMILES string of the molecule is CN1C2(C)Cc3ccccc3C1(C)c1cc(C#N)ccc1C2. The Kier molecular flexibility index (Phi) is 2.59. The third kappa shape index (κ3) is 1.52. The quantitative estimate of drug-likeness (QED) is 0.740. The van der Waals surface area contributed by atoms with Gasteiger partial charge in [0.05, 0.1) is 17.2 Å². The minimum atomic E-state index is -0.163. The molecule has 2 aliphatic rings. The fourth-order valence-electron chi connectivity index (χ4n) is 4.57. The van der Waals surface area contributed by atoms with E-state index in [0.29, 0.717) is 0 Å². The number of fused-ring (bicyclic) bond motifs is 6. The first-order valence-corrected chi connectivity index (χ1v) is 7.85. The van der Waals surface area contributed by atoms with E-state index >= 15 is 0 Å². The van der Waals surface area contributed by atoms with Crippen molar-refractivity contribution in [2.45, 2.75) is 37.8 Å². The van der Waals surface area contributed by atoms with Crippen LogP contribution < -0.4 is 0 Å². The molecule has 2 heterocycles. The number of rotatable bonds is 0. The minimum Gasteiger partial charge on any atom is -0.287 e. The van der Waals surface area contributed by atoms with Crippen molar-refractivity contribution >= 4 is 0 Å². The van der Waals surface area contributed by atoms with Crippen molar-refractivity contribution in [1.29, 1.82) is 5.26 Å². The molecule has 0 saturated heterocycles. The molecular formula is C20H20N2. The second-order valence-corrected chi connectivity index (χ2v) is 7.12. The molecule has 2 heteroatoms. The third-order valence-corrected chi connectivity index (χ3v) is 5.93. The van der Waals surface area contributed by atoms with Gasteiger partial charge in [-0.15, -0.1) is 0 Å². The lowest BCUT2D eigenvalue weighted by atomic mass is 9.64. The van der Waals surface area contributed by atoms with Gasteiger partial charge < -0.3 is 0 Å². The normalized spacial score (nSPS) is 29.4. The van der Waals surface area contributed by atoms with Crippen LogP contribution in [-0.4, -0.2) is 17.5 Å². The molecular weight excluding hydrogens is 268 g/mol. The lowest BCUT2D eigenvalue weighted by Crippen LogP contribution is -2.63. The summed E-state index contributed by atoms with van der Waals surface area (Å²) < 4.78 is 0. The maximum Gasteiger partial charge on any atom is 0.0991 e. The fraction of sp³-hybridized carbons (Fsp3) is 0.350. The smallest absolute Gasteiger partial charge is 0.0991 e. The highest BCUT2D eigenvalue weighted by Crippen LogP contribution is 2.51. The van der Waals surface area contributed by atoms with Crippen LogP contribution in [0.25, 0.3) is 0 Å². The summed E-state index contributed by atoms with van der Waals surface area (Å²) >= 11 is 0. The van der Waals surface area contributed by atoms with Crippen LogP contribution in [0.3, 0.4) is 0 Å². The van der Waals surface area contributed by atoms with Gasteiger partial charge in [-0.2, -0.15) is 5.26 Å². The van der Waals surface area contributed by atoms with E-state index in [4.69, 9.17) is 0 Å². The van der Waals surface area contributed by atoms with Gasteiger partial charge in [-0.05, 0) is 68.1 Å². The molecule has 0 spiro atoms. The lowest BCUT2D eigenvalue weighted by Gasteiger charge is -2.58. The molecule has 0 N–H and O–H groups in total. The van der Waals surface area contributed by atoms with E-state index in [1.54, 1.807) is 0 Å². The van der Waals surface area contributed by atoms with Gasteiger partial charge >= 0.3 is 0 Å². The van der Waals surface area contributed by atoms with Crippen LogP contribution in [0, 0.1) is 11.3 Å². The molecule has 0 saturated carbocycles. The Bertz CT molecular complexity index is 817. The summed E-state index contributed by atoms with van der Waals surface area (Å²) in [5.74, 6) is 0. The maximum absolute atomic E-state index is 9.30. The molecule has 0 aliphatic carbocycles. The summed E-state index contributed by atoms with van der Waals surface area (Å²) in [5.41, 5.74) is 6.22. The highest BCUT2D eigenvalue weighted by atomic mass is 15.3. The van der Waals surface area contributed by atoms with Crippen molar-refractivity contribution in [3.05, 3.63) is 70.3 Å². The molecule has 22 heavy (non-hydrogen) atoms. The highest BCUT2D eigenvalue weighted by Gasteiger charge is 2.52. The predicted octanol–water partition coefficient (Wildman–Crippen LogP) is 3.62. The van der Waals surface area contributed by atoms with Crippen molar-refractivity contribution in [1.82, 2.24) is 4.90 Å². The molecule has 2 nitrogen and oxygen atoms in total. The largest absolute Gasteiger partial charge is 0.287 e. The van der Waals surface area contributed by atoms with Crippen molar-refractivity contribution in [2.24, 2.45) is 0 Å². The number of benzene rings is 2. The first kappa shape index (κ1) is 13.5. The Hall–Kier alpha value is -2.11. The Labute approximate surface area is 132 Å². The van der Waals surface area contributed by atoms with Gasteiger partial charge in [0.2, 0.25) is 0 Å². The van der Waals surface area contributed by atoms with E-state index in [2.05, 4.69) is 68.3 Å². The third-order valence-electron chi connectivity index (χ3n) is 5.93. The van der Waals surface area contributed by atoms with Crippen LogP contribution in [0.2, 0.25) is 0 Å². The zero-order valence-corrected chi connectivity index (χ0v) is 13.4. The van der Waals surface area contributed by atoms with E-state index in [9.17, 15) is 5.26 Å². The van der Waals surface area contributed by atoms with Crippen molar-refractivity contribution in [3.63, 3.8) is 0 Å². The molecule has 110 valence electrons. The van der Waals surface area contributed by atoms with E-state index in [1.807, 2.05) is 6.07 Å². The van der Waals surface area contributed by atoms with E-state index in [-0.39, 0.29) is 11.1 Å². The number of likely N-dealkylation sites (N-methyl/N-ethyl adjacent to an activating group) is 1. The average molecular weight is 288 g/mol. The van der Waals surface area contributed by atoms with Gasteiger partial charge in [-0.3, -0.25) is 4.90 Å². The number of nitriles is 1. The summed E-state index contributed by atoms with van der Waals surface area (Å²) in [5, 5.41) is 9.30. The molecule has 2 bridgehead atoms. The molecule has 0 fully saturated rings. The van der Waals surface area contributed by atoms with Gasteiger partial charge in [0.1, 0.15) is 0 Å². The average Bonchev–Trinajstić information content (AvgIpc) is 2.52. The summed E-state index contributed by atoms with van der Waals surface area (Å²) in [4.78, 5) is 2.52. The Morgan fingerprint density at radius 1 is 1.00 bits per heavy atom. The standard InChI is InChI=1S/C20H20N2/c1-19-11-15-6-4-5-7-17(15)20(2,22(19)3)18-10-14(13-21)8-9-16(18)12-19/h4-10H,11-12H2,1-3H3. The molecule has 2 aliphatic heterocycles. The molecule has 2 aromatic carbocycles. The predicted molar refractivity (Wildman–Crippen MR) is 87.6 cm³/mol. The van der Waals surface area contributed by atoms with Gasteiger partial charge in [-0.25, -0.2) is 0 Å². The molecule has 4 rings (SSSR count). The van der Waals surface area contributed by atoms with E-state index in [1.165, 1.54) is 22.3 Å². The second kappa shape index (κ2) is 4.21. The first-order chi connectivity index (χ1) is 10.5. The van der Waals surface area contributed by atoms with E-state index in [0.717, 1.165) is 18.4 Å². The molecule has 2 aromatic rings. The minimum absolute atomic E-state index is 0.129. The van der Waals surface area contributed by atoms with Crippen LogP contribution in [0.1, 0.15) is 41.7 Å². The number of nitrogens with zero attached hydrogens (tertiary/aromatic N) is 2. The molecule has 0 amide bonds. The van der Waals surface area contributed by atoms with Crippen molar-refractivity contribution in [2.75, 3.05) is 7.05 Å². The zero-order valence-electron chi connectivity index (χ0n) is 13.4. The lowest BCUT2D eigenvalue weighted by molar-refractivity contribution is 0.0142. The van der Waals surface area contributed by atoms with Crippen LogP contribution >= 0.6 is 0 Å². The van der Waals surface area contributed by atoms with Gasteiger partial charge in [-0.1, -0.05) is 30.3 Å². The first-order valence-electron chi connectivity index (χ1n) is 7.85. The molecule has 2 atom stereocenters. The van der Waals surface area contributed by atoms with Gasteiger partial charge in [0.25, 0.3) is 0 Å². The van der Waals surface area contributed by atoms with E-state index < -0.39 is 0 Å². The van der Waals surface area contributed by atoms with Crippen LogP contribution in [0.4, 0.5) is 0 Å². The maximum atomic E-state index is 9.30. The zero-order chi connectivity index (χ0) is 15.5. The summed E-state index contributed by atoms with van der Waals surface area (Å²) in [7, 11) is 2.23. The summed E-state index contributed by atoms with van der Waals surface area (Å²) in [6.07, 6.45) is 2.11. The summed E-state index contributed by atoms with van der Waals surface area (Å²) in [6, 6.07) is 17.3. The number of hydrogen-bond donors (Lipinski definition) is 0. The number of hydrogen-bond acceptors (Lipinski definition) is 2. The van der Waals surface area contributed by atoms with Crippen LogP contribution in [-0.2, 0) is 18.4 Å². The molecule has 0 radical (unpaired) electrons. The monoisotopic (exact) mass is 288 g/mol. The Balaban J connectivity index is 2.08. The summed E-state index contributed by atoms with van der Waals surface area (Å²) in [6.45, 7) is 4.67. The van der Waals surface area contributed by atoms with Gasteiger partial charge in [0, 0.05) is 5.54 Å². The van der Waals surface area contributed by atoms with Crippen molar-refractivity contribution in [3.8, 4) is 6.07 Å². The van der Waals surface area contributed by atoms with Gasteiger partial charge in [0.15, 0.2) is 0 Å². The highest BCUT2D eigenvalue weighted by molar-refractivity contribution is 5.54. The molecule has 0 aromatic heterocycles. The fourth-order valence-corrected chi connectivity index (χ4v) is 4.57.